The average molecular weight is 261 g/mol. The number of anilines is 1. The standard InChI is InChI=1S/C13H15N3O3/c1-15-6-7-16(9-12(15)17)11-4-2-10(8-14-11)3-5-13(18)19/h2-5,8H,6-7,9H2,1H3,(H,18,19)/b5-3+. The Balaban J connectivity index is 2.06. The second-order valence-corrected chi connectivity index (χ2v) is 4.36. The minimum Gasteiger partial charge on any atom is -0.478 e. The van der Waals surface area contributed by atoms with Gasteiger partial charge in [0.2, 0.25) is 5.91 Å². The molecule has 0 atom stereocenters. The van der Waals surface area contributed by atoms with E-state index in [1.165, 1.54) is 6.08 Å². The molecule has 1 amide bonds. The molecule has 0 aliphatic carbocycles. The summed E-state index contributed by atoms with van der Waals surface area (Å²) >= 11 is 0. The highest BCUT2D eigenvalue weighted by atomic mass is 16.4. The molecule has 6 heteroatoms. The van der Waals surface area contributed by atoms with E-state index in [2.05, 4.69) is 4.98 Å². The summed E-state index contributed by atoms with van der Waals surface area (Å²) in [4.78, 5) is 29.9. The van der Waals surface area contributed by atoms with Gasteiger partial charge in [0.1, 0.15) is 5.82 Å². The van der Waals surface area contributed by atoms with E-state index in [1.54, 1.807) is 30.3 Å². The fourth-order valence-electron chi connectivity index (χ4n) is 1.80. The van der Waals surface area contributed by atoms with Crippen LogP contribution in [0.15, 0.2) is 24.4 Å². The number of carbonyl (C=O) groups is 2. The lowest BCUT2D eigenvalue weighted by Crippen LogP contribution is -2.48. The Labute approximate surface area is 111 Å². The zero-order valence-electron chi connectivity index (χ0n) is 10.6. The first-order chi connectivity index (χ1) is 9.06. The van der Waals surface area contributed by atoms with Crippen LogP contribution in [0.1, 0.15) is 5.56 Å². The summed E-state index contributed by atoms with van der Waals surface area (Å²) in [5, 5.41) is 8.53. The Morgan fingerprint density at radius 1 is 1.42 bits per heavy atom. The lowest BCUT2D eigenvalue weighted by atomic mass is 10.2. The van der Waals surface area contributed by atoms with Crippen LogP contribution in [0.5, 0.6) is 0 Å². The van der Waals surface area contributed by atoms with Crippen LogP contribution in [-0.4, -0.2) is 53.5 Å². The summed E-state index contributed by atoms with van der Waals surface area (Å²) in [6.45, 7) is 1.76. The Hall–Kier alpha value is -2.37. The monoisotopic (exact) mass is 261 g/mol. The number of piperazine rings is 1. The number of likely N-dealkylation sites (N-methyl/N-ethyl adjacent to an activating group) is 1. The number of hydrogen-bond acceptors (Lipinski definition) is 4. The van der Waals surface area contributed by atoms with Crippen LogP contribution in [-0.2, 0) is 9.59 Å². The molecule has 100 valence electrons. The van der Waals surface area contributed by atoms with Crippen molar-refractivity contribution in [2.24, 2.45) is 0 Å². The van der Waals surface area contributed by atoms with E-state index in [9.17, 15) is 9.59 Å². The predicted octanol–water partition coefficient (Wildman–Crippen LogP) is 0.458. The largest absolute Gasteiger partial charge is 0.478 e. The molecular weight excluding hydrogens is 246 g/mol. The van der Waals surface area contributed by atoms with Gasteiger partial charge in [-0.1, -0.05) is 0 Å². The highest BCUT2D eigenvalue weighted by Crippen LogP contribution is 2.14. The lowest BCUT2D eigenvalue weighted by molar-refractivity contribution is -0.131. The molecule has 1 aliphatic rings. The third kappa shape index (κ3) is 3.31. The third-order valence-corrected chi connectivity index (χ3v) is 2.97. The molecule has 1 N–H and O–H groups in total. The van der Waals surface area contributed by atoms with Crippen molar-refractivity contribution < 1.29 is 14.7 Å². The molecule has 1 saturated heterocycles. The van der Waals surface area contributed by atoms with Crippen molar-refractivity contribution in [1.29, 1.82) is 0 Å². The minimum absolute atomic E-state index is 0.0721. The van der Waals surface area contributed by atoms with Gasteiger partial charge in [-0.25, -0.2) is 9.78 Å². The van der Waals surface area contributed by atoms with E-state index in [-0.39, 0.29) is 5.91 Å². The van der Waals surface area contributed by atoms with Crippen molar-refractivity contribution in [2.45, 2.75) is 0 Å². The fraction of sp³-hybridized carbons (Fsp3) is 0.308. The summed E-state index contributed by atoms with van der Waals surface area (Å²) in [7, 11) is 1.78. The van der Waals surface area contributed by atoms with Gasteiger partial charge in [0, 0.05) is 32.4 Å². The summed E-state index contributed by atoms with van der Waals surface area (Å²) < 4.78 is 0. The maximum atomic E-state index is 11.6. The second kappa shape index (κ2) is 5.51. The van der Waals surface area contributed by atoms with Gasteiger partial charge in [0.05, 0.1) is 6.54 Å². The molecule has 19 heavy (non-hydrogen) atoms. The molecule has 0 aromatic carbocycles. The van der Waals surface area contributed by atoms with Gasteiger partial charge in [0.15, 0.2) is 0 Å². The van der Waals surface area contributed by atoms with Gasteiger partial charge >= 0.3 is 5.97 Å². The van der Waals surface area contributed by atoms with E-state index < -0.39 is 5.97 Å². The quantitative estimate of drug-likeness (QED) is 0.800. The van der Waals surface area contributed by atoms with Crippen LogP contribution >= 0.6 is 0 Å². The molecular formula is C13H15N3O3. The van der Waals surface area contributed by atoms with Crippen molar-refractivity contribution >= 4 is 23.8 Å². The normalized spacial score (nSPS) is 16.2. The molecule has 0 unspecified atom stereocenters. The van der Waals surface area contributed by atoms with Crippen molar-refractivity contribution in [2.75, 3.05) is 31.6 Å². The van der Waals surface area contributed by atoms with E-state index in [0.29, 0.717) is 18.7 Å². The van der Waals surface area contributed by atoms with Crippen LogP contribution in [0.3, 0.4) is 0 Å². The highest BCUT2D eigenvalue weighted by molar-refractivity contribution is 5.85. The third-order valence-electron chi connectivity index (χ3n) is 2.97. The Bertz CT molecular complexity index is 510. The molecule has 0 spiro atoms. The molecule has 0 radical (unpaired) electrons. The van der Waals surface area contributed by atoms with Gasteiger partial charge in [-0.3, -0.25) is 4.79 Å². The number of hydrogen-bond donors (Lipinski definition) is 1. The van der Waals surface area contributed by atoms with E-state index in [0.717, 1.165) is 18.4 Å². The van der Waals surface area contributed by atoms with Crippen molar-refractivity contribution in [1.82, 2.24) is 9.88 Å². The van der Waals surface area contributed by atoms with Crippen LogP contribution in [0.4, 0.5) is 5.82 Å². The SMILES string of the molecule is CN1CCN(c2ccc(/C=C/C(=O)O)cn2)CC1=O. The van der Waals surface area contributed by atoms with Gasteiger partial charge in [0.25, 0.3) is 0 Å². The fourth-order valence-corrected chi connectivity index (χ4v) is 1.80. The number of carboxylic acids is 1. The van der Waals surface area contributed by atoms with Gasteiger partial charge in [-0.15, -0.1) is 0 Å². The number of carbonyl (C=O) groups excluding carboxylic acids is 1. The summed E-state index contributed by atoms with van der Waals surface area (Å²) in [5.74, 6) is -0.189. The molecule has 2 rings (SSSR count). The summed E-state index contributed by atoms with van der Waals surface area (Å²) in [6, 6.07) is 3.57. The predicted molar refractivity (Wildman–Crippen MR) is 70.8 cm³/mol. The Kier molecular flexibility index (Phi) is 3.79. The number of aliphatic carboxylic acids is 1. The maximum Gasteiger partial charge on any atom is 0.328 e. The first kappa shape index (κ1) is 13.1. The zero-order chi connectivity index (χ0) is 13.8. The number of rotatable bonds is 3. The first-order valence-corrected chi connectivity index (χ1v) is 5.92. The van der Waals surface area contributed by atoms with Crippen LogP contribution in [0.25, 0.3) is 6.08 Å². The number of pyridine rings is 1. The summed E-state index contributed by atoms with van der Waals surface area (Å²) in [5.41, 5.74) is 0.714. The smallest absolute Gasteiger partial charge is 0.328 e. The van der Waals surface area contributed by atoms with Crippen LogP contribution < -0.4 is 4.90 Å². The van der Waals surface area contributed by atoms with E-state index in [1.807, 2.05) is 4.90 Å². The van der Waals surface area contributed by atoms with Crippen molar-refractivity contribution in [3.8, 4) is 0 Å². The molecule has 0 bridgehead atoms. The highest BCUT2D eigenvalue weighted by Gasteiger charge is 2.21. The number of nitrogens with zero attached hydrogens (tertiary/aromatic N) is 3. The van der Waals surface area contributed by atoms with Crippen LogP contribution in [0, 0.1) is 0 Å². The topological polar surface area (TPSA) is 73.7 Å². The van der Waals surface area contributed by atoms with Crippen molar-refractivity contribution in [3.05, 3.63) is 30.0 Å². The molecule has 1 aliphatic heterocycles. The maximum absolute atomic E-state index is 11.6. The molecule has 1 aromatic heterocycles. The minimum atomic E-state index is -0.992. The molecule has 2 heterocycles. The van der Waals surface area contributed by atoms with E-state index in [4.69, 9.17) is 5.11 Å². The van der Waals surface area contributed by atoms with E-state index >= 15 is 0 Å². The van der Waals surface area contributed by atoms with Gasteiger partial charge < -0.3 is 14.9 Å². The zero-order valence-corrected chi connectivity index (χ0v) is 10.6. The molecule has 1 fully saturated rings. The lowest BCUT2D eigenvalue weighted by Gasteiger charge is -2.32. The second-order valence-electron chi connectivity index (χ2n) is 4.36. The van der Waals surface area contributed by atoms with Gasteiger partial charge in [-0.05, 0) is 23.8 Å². The van der Waals surface area contributed by atoms with Crippen molar-refractivity contribution in [3.63, 3.8) is 0 Å². The number of amides is 1. The summed E-state index contributed by atoms with van der Waals surface area (Å²) in [6.07, 6.45) is 4.14. The molecule has 6 nitrogen and oxygen atoms in total. The van der Waals surface area contributed by atoms with Gasteiger partial charge in [-0.2, -0.15) is 0 Å². The average Bonchev–Trinajstić information content (AvgIpc) is 2.40. The molecule has 0 saturated carbocycles. The first-order valence-electron chi connectivity index (χ1n) is 5.92. The van der Waals surface area contributed by atoms with Crippen LogP contribution in [0.2, 0.25) is 0 Å². The Morgan fingerprint density at radius 2 is 2.21 bits per heavy atom. The molecule has 1 aromatic rings. The number of carboxylic acid groups (broad SMARTS) is 1. The number of aromatic nitrogens is 1. The Morgan fingerprint density at radius 3 is 2.79 bits per heavy atom.